The number of carbonyl (C=O) groups excluding carboxylic acids is 1. The maximum absolute atomic E-state index is 12.3. The van der Waals surface area contributed by atoms with Crippen LogP contribution in [0.4, 0.5) is 4.79 Å². The molecule has 0 bridgehead atoms. The molecule has 1 aliphatic rings. The number of nitrogens with zero attached hydrogens (tertiary/aromatic N) is 2. The van der Waals surface area contributed by atoms with E-state index < -0.39 is 12.0 Å². The third-order valence-electron chi connectivity index (χ3n) is 3.43. The molecule has 0 fully saturated rings. The number of carboxylic acid groups (broad SMARTS) is 1. The van der Waals surface area contributed by atoms with E-state index in [1.807, 2.05) is 24.3 Å². The fourth-order valence-corrected chi connectivity index (χ4v) is 2.37. The van der Waals surface area contributed by atoms with Crippen molar-refractivity contribution in [3.8, 4) is 12.3 Å². The number of fused-ring (bicyclic) bond motifs is 1. The Kier molecular flexibility index (Phi) is 3.94. The largest absolute Gasteiger partial charge is 0.480 e. The van der Waals surface area contributed by atoms with Crippen molar-refractivity contribution in [2.75, 3.05) is 13.6 Å². The highest BCUT2D eigenvalue weighted by Gasteiger charge is 2.35. The highest BCUT2D eigenvalue weighted by Crippen LogP contribution is 2.24. The molecule has 1 atom stereocenters. The number of carboxylic acids is 1. The minimum atomic E-state index is -0.998. The number of aliphatic carboxylic acids is 1. The molecule has 0 aliphatic carbocycles. The quantitative estimate of drug-likeness (QED) is 0.822. The molecule has 2 rings (SSSR count). The lowest BCUT2D eigenvalue weighted by molar-refractivity contribution is -0.142. The summed E-state index contributed by atoms with van der Waals surface area (Å²) in [6, 6.07) is 6.36. The van der Waals surface area contributed by atoms with Gasteiger partial charge in [0.25, 0.3) is 0 Å². The summed E-state index contributed by atoms with van der Waals surface area (Å²) in [6.45, 7) is 0.449. The lowest BCUT2D eigenvalue weighted by Gasteiger charge is -2.36. The van der Waals surface area contributed by atoms with Gasteiger partial charge in [-0.1, -0.05) is 30.2 Å². The van der Waals surface area contributed by atoms with E-state index >= 15 is 0 Å². The number of urea groups is 1. The lowest BCUT2D eigenvalue weighted by atomic mass is 9.94. The number of hydrogen-bond acceptors (Lipinski definition) is 2. The van der Waals surface area contributed by atoms with Crippen LogP contribution in [0.15, 0.2) is 24.3 Å². The van der Waals surface area contributed by atoms with E-state index in [-0.39, 0.29) is 12.6 Å². The van der Waals surface area contributed by atoms with Gasteiger partial charge in [-0.15, -0.1) is 6.42 Å². The average Bonchev–Trinajstić information content (AvgIpc) is 2.45. The second kappa shape index (κ2) is 5.66. The van der Waals surface area contributed by atoms with Crippen molar-refractivity contribution in [1.82, 2.24) is 9.80 Å². The normalized spacial score (nSPS) is 17.0. The Morgan fingerprint density at radius 2 is 2.10 bits per heavy atom. The second-order valence-electron chi connectivity index (χ2n) is 4.80. The first kappa shape index (κ1) is 13.9. The summed E-state index contributed by atoms with van der Waals surface area (Å²) in [4.78, 5) is 26.4. The summed E-state index contributed by atoms with van der Waals surface area (Å²) in [5.41, 5.74) is 1.95. The van der Waals surface area contributed by atoms with E-state index in [0.29, 0.717) is 13.0 Å². The number of rotatable bonds is 2. The fourth-order valence-electron chi connectivity index (χ4n) is 2.37. The van der Waals surface area contributed by atoms with Crippen molar-refractivity contribution in [1.29, 1.82) is 0 Å². The lowest BCUT2D eigenvalue weighted by Crippen LogP contribution is -2.52. The number of terminal acetylenes is 1. The number of benzene rings is 1. The van der Waals surface area contributed by atoms with Crippen molar-refractivity contribution in [3.05, 3.63) is 35.4 Å². The molecule has 1 heterocycles. The van der Waals surface area contributed by atoms with Crippen LogP contribution in [-0.4, -0.2) is 46.5 Å². The highest BCUT2D eigenvalue weighted by molar-refractivity contribution is 5.83. The van der Waals surface area contributed by atoms with E-state index in [1.54, 1.807) is 7.05 Å². The molecular formula is C15H16N2O3. The van der Waals surface area contributed by atoms with Gasteiger partial charge in [0.2, 0.25) is 0 Å². The van der Waals surface area contributed by atoms with Gasteiger partial charge in [0.15, 0.2) is 0 Å². The Morgan fingerprint density at radius 3 is 2.70 bits per heavy atom. The van der Waals surface area contributed by atoms with Gasteiger partial charge >= 0.3 is 12.0 Å². The molecule has 0 aromatic heterocycles. The van der Waals surface area contributed by atoms with E-state index in [1.165, 1.54) is 9.80 Å². The van der Waals surface area contributed by atoms with Crippen LogP contribution in [0.1, 0.15) is 11.1 Å². The number of amides is 2. The van der Waals surface area contributed by atoms with Crippen molar-refractivity contribution in [2.24, 2.45) is 0 Å². The van der Waals surface area contributed by atoms with Gasteiger partial charge in [0.05, 0.1) is 6.54 Å². The zero-order valence-electron chi connectivity index (χ0n) is 11.2. The standard InChI is InChI=1S/C15H16N2O3/c1-3-8-16(2)15(20)17-10-12-7-5-4-6-11(12)9-13(17)14(18)19/h1,4-7,13H,8-10H2,2H3,(H,18,19)/t13-/m1/s1. The van der Waals surface area contributed by atoms with Crippen LogP contribution in [0, 0.1) is 12.3 Å². The SMILES string of the molecule is C#CCN(C)C(=O)N1Cc2ccccc2C[C@@H]1C(=O)O. The zero-order chi connectivity index (χ0) is 14.7. The maximum Gasteiger partial charge on any atom is 0.326 e. The molecule has 0 saturated carbocycles. The van der Waals surface area contributed by atoms with Crippen molar-refractivity contribution < 1.29 is 14.7 Å². The minimum absolute atomic E-state index is 0.156. The van der Waals surface area contributed by atoms with Crippen LogP contribution >= 0.6 is 0 Å². The Hall–Kier alpha value is -2.48. The number of carbonyl (C=O) groups is 2. The first-order chi connectivity index (χ1) is 9.54. The third kappa shape index (κ3) is 2.59. The number of hydrogen-bond donors (Lipinski definition) is 1. The molecule has 1 aromatic carbocycles. The van der Waals surface area contributed by atoms with Crippen molar-refractivity contribution in [2.45, 2.75) is 19.0 Å². The molecule has 0 spiro atoms. The van der Waals surface area contributed by atoms with Gasteiger partial charge in [-0.05, 0) is 11.1 Å². The summed E-state index contributed by atoms with van der Waals surface area (Å²) in [6.07, 6.45) is 5.51. The molecule has 0 radical (unpaired) electrons. The van der Waals surface area contributed by atoms with Crippen molar-refractivity contribution in [3.63, 3.8) is 0 Å². The van der Waals surface area contributed by atoms with Crippen LogP contribution in [0.5, 0.6) is 0 Å². The average molecular weight is 272 g/mol. The van der Waals surface area contributed by atoms with Crippen molar-refractivity contribution >= 4 is 12.0 Å². The molecule has 104 valence electrons. The Bertz CT molecular complexity index is 577. The van der Waals surface area contributed by atoms with Gasteiger partial charge in [0.1, 0.15) is 6.04 Å². The summed E-state index contributed by atoms with van der Waals surface area (Å²) >= 11 is 0. The second-order valence-corrected chi connectivity index (χ2v) is 4.80. The first-order valence-corrected chi connectivity index (χ1v) is 6.29. The molecule has 0 saturated heterocycles. The van der Waals surface area contributed by atoms with E-state index in [9.17, 15) is 14.7 Å². The molecule has 20 heavy (non-hydrogen) atoms. The topological polar surface area (TPSA) is 60.9 Å². The van der Waals surface area contributed by atoms with Gasteiger partial charge in [0, 0.05) is 20.0 Å². The smallest absolute Gasteiger partial charge is 0.326 e. The fraction of sp³-hybridized carbons (Fsp3) is 0.333. The summed E-state index contributed by atoms with van der Waals surface area (Å²) in [5, 5.41) is 9.34. The van der Waals surface area contributed by atoms with Crippen LogP contribution < -0.4 is 0 Å². The summed E-state index contributed by atoms with van der Waals surface area (Å²) < 4.78 is 0. The first-order valence-electron chi connectivity index (χ1n) is 6.29. The molecule has 1 aliphatic heterocycles. The highest BCUT2D eigenvalue weighted by atomic mass is 16.4. The zero-order valence-corrected chi connectivity index (χ0v) is 11.2. The molecule has 5 nitrogen and oxygen atoms in total. The van der Waals surface area contributed by atoms with Crippen LogP contribution in [-0.2, 0) is 17.8 Å². The monoisotopic (exact) mass is 272 g/mol. The van der Waals surface area contributed by atoms with Gasteiger partial charge in [-0.3, -0.25) is 0 Å². The summed E-state index contributed by atoms with van der Waals surface area (Å²) in [7, 11) is 1.57. The van der Waals surface area contributed by atoms with E-state index in [4.69, 9.17) is 6.42 Å². The molecular weight excluding hydrogens is 256 g/mol. The predicted molar refractivity (Wildman–Crippen MR) is 74.0 cm³/mol. The molecule has 2 amide bonds. The minimum Gasteiger partial charge on any atom is -0.480 e. The van der Waals surface area contributed by atoms with E-state index in [0.717, 1.165) is 11.1 Å². The molecule has 1 aromatic rings. The Labute approximate surface area is 117 Å². The van der Waals surface area contributed by atoms with Crippen LogP contribution in [0.2, 0.25) is 0 Å². The molecule has 0 unspecified atom stereocenters. The Balaban J connectivity index is 2.29. The molecule has 1 N–H and O–H groups in total. The van der Waals surface area contributed by atoms with Gasteiger partial charge < -0.3 is 14.9 Å². The molecule has 5 heteroatoms. The third-order valence-corrected chi connectivity index (χ3v) is 3.43. The maximum atomic E-state index is 12.3. The van der Waals surface area contributed by atoms with Crippen LogP contribution in [0.25, 0.3) is 0 Å². The predicted octanol–water partition coefficient (Wildman–Crippen LogP) is 1.18. The summed E-state index contributed by atoms with van der Waals surface area (Å²) in [5.74, 6) is 1.38. The van der Waals surface area contributed by atoms with Gasteiger partial charge in [-0.2, -0.15) is 0 Å². The van der Waals surface area contributed by atoms with Gasteiger partial charge in [-0.25, -0.2) is 9.59 Å². The van der Waals surface area contributed by atoms with Crippen LogP contribution in [0.3, 0.4) is 0 Å². The van der Waals surface area contributed by atoms with E-state index in [2.05, 4.69) is 5.92 Å². The Morgan fingerprint density at radius 1 is 1.45 bits per heavy atom.